The van der Waals surface area contributed by atoms with Crippen LogP contribution in [0.4, 0.5) is 22.7 Å². The quantitative estimate of drug-likeness (QED) is 0.109. The second kappa shape index (κ2) is 28.5. The predicted octanol–water partition coefficient (Wildman–Crippen LogP) is 20.4. The largest absolute Gasteiger partial charge is 0.744 e. The zero-order valence-corrected chi connectivity index (χ0v) is 63.0. The fraction of sp³-hybridized carbons (Fsp3) is 0.279. The van der Waals surface area contributed by atoms with E-state index in [4.69, 9.17) is 23.2 Å². The molecule has 0 atom stereocenters. The summed E-state index contributed by atoms with van der Waals surface area (Å²) in [5.41, 5.74) is 22.4. The van der Waals surface area contributed by atoms with Crippen molar-refractivity contribution in [2.45, 2.75) is 139 Å². The number of hydrogen-bond acceptors (Lipinski definition) is 8. The van der Waals surface area contributed by atoms with E-state index in [2.05, 4.69) is 272 Å². The van der Waals surface area contributed by atoms with Crippen LogP contribution in [-0.2, 0) is 41.9 Å². The molecule has 0 unspecified atom stereocenters. The van der Waals surface area contributed by atoms with Crippen molar-refractivity contribution in [3.05, 3.63) is 296 Å². The Labute approximate surface area is 602 Å². The zero-order valence-electron chi connectivity index (χ0n) is 59.8. The molecule has 100 heavy (non-hydrogen) atoms. The number of anilines is 2. The normalized spacial score (nSPS) is 19.7. The SMILES string of the molecule is CN1C(=CC=C2CCCC(C=CC3=[N+](C)c4ccc5ccccc5c4C3(C)C)=C2Cl)C(C)(C)c2c1ccc1ccccc21.CN1C(=CC=C2CCCC(C=CC3=[N+](C)c4ccccc4C3(C)C)=C2Cl)C(C)(C)c2ccccc21.Cc1ccc(S(=O)(=O)[O-])cc1.Cc1ccc(S(=O)(=O)[O-])cc1. The van der Waals surface area contributed by atoms with Crippen molar-refractivity contribution in [3.8, 4) is 0 Å². The number of benzene rings is 8. The Kier molecular flexibility index (Phi) is 20.8. The molecule has 516 valence electrons. The first kappa shape index (κ1) is 72.8. The highest BCUT2D eigenvalue weighted by Gasteiger charge is 2.46. The van der Waals surface area contributed by atoms with Gasteiger partial charge in [0, 0.05) is 93.2 Å². The van der Waals surface area contributed by atoms with E-state index in [0.717, 1.165) is 59.7 Å². The summed E-state index contributed by atoms with van der Waals surface area (Å²) in [6, 6.07) is 55.4. The molecule has 4 aliphatic heterocycles. The number of fused-ring (bicyclic) bond motifs is 8. The lowest BCUT2D eigenvalue weighted by Gasteiger charge is -2.25. The van der Waals surface area contributed by atoms with Gasteiger partial charge >= 0.3 is 0 Å². The number of rotatable bonds is 8. The summed E-state index contributed by atoms with van der Waals surface area (Å²) in [6.45, 7) is 22.2. The van der Waals surface area contributed by atoms with Gasteiger partial charge < -0.3 is 18.9 Å². The smallest absolute Gasteiger partial charge is 0.210 e. The maximum atomic E-state index is 10.4. The highest BCUT2D eigenvalue weighted by molar-refractivity contribution is 7.86. The minimum atomic E-state index is -4.27. The van der Waals surface area contributed by atoms with E-state index < -0.39 is 20.2 Å². The van der Waals surface area contributed by atoms with Gasteiger partial charge in [-0.1, -0.05) is 202 Å². The Morgan fingerprint density at radius 1 is 0.420 bits per heavy atom. The topological polar surface area (TPSA) is 127 Å². The van der Waals surface area contributed by atoms with Crippen molar-refractivity contribution in [2.75, 3.05) is 38.0 Å². The van der Waals surface area contributed by atoms with Gasteiger partial charge in [-0.05, 0) is 190 Å². The molecule has 4 heterocycles. The minimum Gasteiger partial charge on any atom is -0.744 e. The molecule has 0 N–H and O–H groups in total. The number of halogens is 2. The van der Waals surface area contributed by atoms with Crippen molar-refractivity contribution in [1.29, 1.82) is 0 Å². The monoisotopic (exact) mass is 1410 g/mol. The minimum absolute atomic E-state index is 0.0275. The van der Waals surface area contributed by atoms with Crippen molar-refractivity contribution in [3.63, 3.8) is 0 Å². The first-order valence-corrected chi connectivity index (χ1v) is 37.8. The van der Waals surface area contributed by atoms with Crippen molar-refractivity contribution in [1.82, 2.24) is 0 Å². The predicted molar refractivity (Wildman–Crippen MR) is 414 cm³/mol. The average molecular weight is 1410 g/mol. The molecule has 0 aromatic heterocycles. The van der Waals surface area contributed by atoms with Crippen LogP contribution in [-0.4, -0.2) is 74.7 Å². The molecule has 14 rings (SSSR count). The van der Waals surface area contributed by atoms with Gasteiger partial charge in [0.05, 0.1) is 20.6 Å². The Morgan fingerprint density at radius 2 is 0.840 bits per heavy atom. The number of para-hydroxylation sites is 2. The molecule has 0 radical (unpaired) electrons. The second-order valence-corrected chi connectivity index (χ2v) is 32.5. The van der Waals surface area contributed by atoms with Crippen LogP contribution < -0.4 is 9.80 Å². The third-order valence-corrected chi connectivity index (χ3v) is 23.6. The third kappa shape index (κ3) is 14.3. The first-order valence-electron chi connectivity index (χ1n) is 34.2. The number of aryl methyl sites for hydroxylation is 2. The number of allylic oxidation sites excluding steroid dienone is 16. The molecule has 0 amide bonds. The number of hydrogen-bond donors (Lipinski definition) is 0. The van der Waals surface area contributed by atoms with Gasteiger partial charge in [-0.15, -0.1) is 0 Å². The van der Waals surface area contributed by atoms with Crippen LogP contribution in [0.25, 0.3) is 21.5 Å². The van der Waals surface area contributed by atoms with Gasteiger partial charge in [0.1, 0.15) is 34.3 Å². The average Bonchev–Trinajstić information content (AvgIpc) is 1.57. The standard InChI is InChI=1S/C40H40ClN2.C32H36ClN2.2C7H8O3S/c1-39(2)34(42(5)32-22-18-26-12-7-9-16-30(26)36(32)39)24-20-28-14-11-15-29(38(28)41)21-25-35-40(3,4)37-31-17-10-8-13-27(31)19-23-33(37)43(35)6;1-31(2)24-14-7-9-16-26(24)34(5)28(31)20-18-22-12-11-13-23(30(22)33)19-21-29-32(3,4)25-15-8-10-17-27(25)35(29)6;2*1-6-2-4-7(5-3-6)11(8,9)10/h7-10,12-13,16-25H,11,14-15H2,1-6H3;7-10,14-21H,11-13H2,1-6H3;2*2-5H,1H3,(H,8,9,10)/q2*+1;;/p-2. The second-order valence-electron chi connectivity index (χ2n) is 29.0. The summed E-state index contributed by atoms with van der Waals surface area (Å²) in [5.74, 6) is 0. The van der Waals surface area contributed by atoms with Gasteiger partial charge in [-0.3, -0.25) is 0 Å². The Balaban J connectivity index is 0.000000156. The van der Waals surface area contributed by atoms with Crippen LogP contribution in [0.5, 0.6) is 0 Å². The molecule has 0 bridgehead atoms. The van der Waals surface area contributed by atoms with E-state index in [-0.39, 0.29) is 31.5 Å². The molecule has 10 nitrogen and oxygen atoms in total. The molecule has 8 aromatic carbocycles. The first-order chi connectivity index (χ1) is 47.2. The molecule has 0 saturated carbocycles. The lowest BCUT2D eigenvalue weighted by Crippen LogP contribution is -2.27. The summed E-state index contributed by atoms with van der Waals surface area (Å²) in [6.07, 6.45) is 24.5. The molecular formula is C86H90Cl2N4O6S2. The summed E-state index contributed by atoms with van der Waals surface area (Å²) in [4.78, 5) is 4.32. The van der Waals surface area contributed by atoms with Gasteiger partial charge in [-0.2, -0.15) is 9.15 Å². The summed E-state index contributed by atoms with van der Waals surface area (Å²) in [5, 5.41) is 7.08. The van der Waals surface area contributed by atoms with E-state index >= 15 is 0 Å². The van der Waals surface area contributed by atoms with E-state index in [1.807, 2.05) is 13.8 Å². The van der Waals surface area contributed by atoms with Crippen molar-refractivity contribution < 1.29 is 35.1 Å². The molecule has 2 aliphatic carbocycles. The van der Waals surface area contributed by atoms with Gasteiger partial charge in [-0.25, -0.2) is 16.8 Å². The summed E-state index contributed by atoms with van der Waals surface area (Å²) in [7, 11) is 0.177. The summed E-state index contributed by atoms with van der Waals surface area (Å²) >= 11 is 14.2. The van der Waals surface area contributed by atoms with Crippen LogP contribution >= 0.6 is 23.2 Å². The molecule has 0 saturated heterocycles. The lowest BCUT2D eigenvalue weighted by molar-refractivity contribution is -0.401. The van der Waals surface area contributed by atoms with Gasteiger partial charge in [0.25, 0.3) is 0 Å². The third-order valence-electron chi connectivity index (χ3n) is 21.0. The molecule has 0 fully saturated rings. The maximum absolute atomic E-state index is 10.4. The fourth-order valence-corrected chi connectivity index (χ4v) is 17.1. The van der Waals surface area contributed by atoms with Crippen LogP contribution in [0.1, 0.15) is 127 Å². The van der Waals surface area contributed by atoms with Crippen molar-refractivity contribution >= 4 is 99.2 Å². The fourth-order valence-electron chi connectivity index (χ4n) is 15.5. The lowest BCUT2D eigenvalue weighted by atomic mass is 9.79. The Morgan fingerprint density at radius 3 is 1.34 bits per heavy atom. The zero-order chi connectivity index (χ0) is 72.0. The van der Waals surface area contributed by atoms with E-state index in [0.29, 0.717) is 0 Å². The molecule has 8 aromatic rings. The highest BCUT2D eigenvalue weighted by atomic mass is 35.5. The molecule has 0 spiro atoms. The van der Waals surface area contributed by atoms with E-state index in [9.17, 15) is 25.9 Å². The highest BCUT2D eigenvalue weighted by Crippen LogP contribution is 2.52. The van der Waals surface area contributed by atoms with Crippen LogP contribution in [0, 0.1) is 13.8 Å². The van der Waals surface area contributed by atoms with Gasteiger partial charge in [0.15, 0.2) is 11.4 Å². The maximum Gasteiger partial charge on any atom is 0.210 e. The van der Waals surface area contributed by atoms with E-state index in [1.54, 1.807) is 24.3 Å². The van der Waals surface area contributed by atoms with Crippen LogP contribution in [0.2, 0.25) is 0 Å². The molecule has 6 aliphatic rings. The van der Waals surface area contributed by atoms with Crippen molar-refractivity contribution in [2.24, 2.45) is 0 Å². The Hall–Kier alpha value is -8.46. The van der Waals surface area contributed by atoms with Crippen LogP contribution in [0.3, 0.4) is 0 Å². The number of nitrogens with zero attached hydrogens (tertiary/aromatic N) is 4. The van der Waals surface area contributed by atoms with E-state index in [1.165, 1.54) is 136 Å². The molecule has 14 heteroatoms. The Bertz CT molecular complexity index is 5080. The summed E-state index contributed by atoms with van der Waals surface area (Å²) < 4.78 is 67.0. The number of likely N-dealkylation sites (N-methyl/N-ethyl adjacent to an activating group) is 2. The van der Waals surface area contributed by atoms with Gasteiger partial charge in [0.2, 0.25) is 11.4 Å². The van der Waals surface area contributed by atoms with Crippen LogP contribution in [0.15, 0.2) is 272 Å². The molecular weight excluding hydrogens is 1320 g/mol.